The molecule has 1 amide bonds. The van der Waals surface area contributed by atoms with Gasteiger partial charge in [0.05, 0.1) is 0 Å². The Balaban J connectivity index is 2.69. The molecular formula is C8H11N3O4. The van der Waals surface area contributed by atoms with Gasteiger partial charge in [-0.15, -0.1) is 0 Å². The van der Waals surface area contributed by atoms with Crippen LogP contribution in [0.4, 0.5) is 6.01 Å². The van der Waals surface area contributed by atoms with Gasteiger partial charge in [-0.25, -0.2) is 4.79 Å². The Bertz CT molecular complexity index is 374. The number of hydrogen-bond donors (Lipinski definition) is 2. The van der Waals surface area contributed by atoms with Crippen LogP contribution in [-0.4, -0.2) is 42.6 Å². The maximum atomic E-state index is 11.0. The monoisotopic (exact) mass is 213 g/mol. The highest BCUT2D eigenvalue weighted by atomic mass is 16.4. The Morgan fingerprint density at radius 2 is 2.33 bits per heavy atom. The number of carbonyl (C=O) groups is 2. The summed E-state index contributed by atoms with van der Waals surface area (Å²) in [6, 6.07) is 0.0935. The fourth-order valence-corrected chi connectivity index (χ4v) is 0.900. The van der Waals surface area contributed by atoms with Gasteiger partial charge in [-0.1, -0.05) is 0 Å². The molecule has 0 aliphatic rings. The number of nitrogens with zero attached hydrogens (tertiary/aromatic N) is 2. The average molecular weight is 213 g/mol. The number of anilines is 1. The number of hydrogen-bond acceptors (Lipinski definition) is 5. The number of carboxylic acid groups (broad SMARTS) is 1. The Morgan fingerprint density at radius 3 is 2.80 bits per heavy atom. The third-order valence-corrected chi connectivity index (χ3v) is 1.70. The number of amides is 1. The van der Waals surface area contributed by atoms with E-state index in [0.717, 1.165) is 6.26 Å². The minimum absolute atomic E-state index is 0.0517. The van der Waals surface area contributed by atoms with Crippen LogP contribution in [0, 0.1) is 0 Å². The van der Waals surface area contributed by atoms with Crippen molar-refractivity contribution in [2.45, 2.75) is 0 Å². The largest absolute Gasteiger partial charge is 0.476 e. The zero-order chi connectivity index (χ0) is 11.4. The average Bonchev–Trinajstić information content (AvgIpc) is 2.66. The second-order valence-electron chi connectivity index (χ2n) is 2.85. The molecule has 15 heavy (non-hydrogen) atoms. The first-order chi connectivity index (χ1) is 7.04. The molecule has 1 aromatic rings. The third kappa shape index (κ3) is 2.70. The molecule has 0 fully saturated rings. The zero-order valence-corrected chi connectivity index (χ0v) is 8.35. The van der Waals surface area contributed by atoms with Crippen LogP contribution in [0.15, 0.2) is 10.7 Å². The van der Waals surface area contributed by atoms with Crippen LogP contribution in [0.1, 0.15) is 10.5 Å². The number of nitrogens with one attached hydrogen (secondary N) is 1. The standard InChI is InChI=1S/C8H11N3O4/c1-9-6(12)3-11(2)8-10-5(4-15-8)7(13)14/h4H,3H2,1-2H3,(H,9,12)(H,13,14). The van der Waals surface area contributed by atoms with Crippen LogP contribution < -0.4 is 10.2 Å². The predicted molar refractivity (Wildman–Crippen MR) is 50.8 cm³/mol. The third-order valence-electron chi connectivity index (χ3n) is 1.70. The first-order valence-corrected chi connectivity index (χ1v) is 4.15. The minimum atomic E-state index is -1.17. The van der Waals surface area contributed by atoms with Crippen LogP contribution in [0.5, 0.6) is 0 Å². The van der Waals surface area contributed by atoms with Crippen molar-refractivity contribution in [3.63, 3.8) is 0 Å². The molecule has 0 aromatic carbocycles. The molecule has 82 valence electrons. The van der Waals surface area contributed by atoms with Crippen molar-refractivity contribution in [1.29, 1.82) is 0 Å². The molecule has 0 aliphatic carbocycles. The highest BCUT2D eigenvalue weighted by molar-refractivity contribution is 5.85. The van der Waals surface area contributed by atoms with Gasteiger partial charge in [0.1, 0.15) is 12.8 Å². The molecule has 7 heteroatoms. The molecule has 1 aromatic heterocycles. The summed E-state index contributed by atoms with van der Waals surface area (Å²) in [7, 11) is 3.08. The van der Waals surface area contributed by atoms with E-state index in [1.807, 2.05) is 0 Å². The lowest BCUT2D eigenvalue weighted by molar-refractivity contribution is -0.119. The van der Waals surface area contributed by atoms with Crippen LogP contribution >= 0.6 is 0 Å². The quantitative estimate of drug-likeness (QED) is 0.703. The topological polar surface area (TPSA) is 95.7 Å². The highest BCUT2D eigenvalue weighted by Crippen LogP contribution is 2.11. The summed E-state index contributed by atoms with van der Waals surface area (Å²) in [6.07, 6.45) is 1.03. The van der Waals surface area contributed by atoms with E-state index in [2.05, 4.69) is 10.3 Å². The predicted octanol–water partition coefficient (Wildman–Crippen LogP) is -0.445. The maximum Gasteiger partial charge on any atom is 0.357 e. The summed E-state index contributed by atoms with van der Waals surface area (Å²) >= 11 is 0. The van der Waals surface area contributed by atoms with Crippen LogP contribution in [0.2, 0.25) is 0 Å². The molecule has 0 saturated carbocycles. The van der Waals surface area contributed by atoms with E-state index in [1.165, 1.54) is 11.9 Å². The van der Waals surface area contributed by atoms with Crippen molar-refractivity contribution < 1.29 is 19.1 Å². The minimum Gasteiger partial charge on any atom is -0.476 e. The zero-order valence-electron chi connectivity index (χ0n) is 8.35. The summed E-state index contributed by atoms with van der Waals surface area (Å²) in [6.45, 7) is 0.0517. The van der Waals surface area contributed by atoms with E-state index in [-0.39, 0.29) is 24.2 Å². The second-order valence-corrected chi connectivity index (χ2v) is 2.85. The smallest absolute Gasteiger partial charge is 0.357 e. The van der Waals surface area contributed by atoms with E-state index in [4.69, 9.17) is 9.52 Å². The molecule has 0 spiro atoms. The molecule has 1 heterocycles. The van der Waals surface area contributed by atoms with E-state index in [1.54, 1.807) is 7.05 Å². The molecule has 2 N–H and O–H groups in total. The Hall–Kier alpha value is -2.05. The molecule has 1 rings (SSSR count). The fourth-order valence-electron chi connectivity index (χ4n) is 0.900. The van der Waals surface area contributed by atoms with Crippen LogP contribution in [-0.2, 0) is 4.79 Å². The van der Waals surface area contributed by atoms with Crippen molar-refractivity contribution in [2.75, 3.05) is 25.5 Å². The molecule has 0 atom stereocenters. The molecule has 7 nitrogen and oxygen atoms in total. The lowest BCUT2D eigenvalue weighted by atomic mass is 10.5. The van der Waals surface area contributed by atoms with Gasteiger partial charge in [-0.3, -0.25) is 4.79 Å². The molecular weight excluding hydrogens is 202 g/mol. The van der Waals surface area contributed by atoms with Crippen molar-refractivity contribution in [1.82, 2.24) is 10.3 Å². The lowest BCUT2D eigenvalue weighted by Gasteiger charge is -2.12. The fraction of sp³-hybridized carbons (Fsp3) is 0.375. The summed E-state index contributed by atoms with van der Waals surface area (Å²) in [4.78, 5) is 26.6. The molecule has 0 saturated heterocycles. The van der Waals surface area contributed by atoms with E-state index in [9.17, 15) is 9.59 Å². The van der Waals surface area contributed by atoms with Gasteiger partial charge >= 0.3 is 5.97 Å². The molecule has 0 radical (unpaired) electrons. The van der Waals surface area contributed by atoms with Gasteiger partial charge in [-0.05, 0) is 0 Å². The molecule has 0 bridgehead atoms. The Morgan fingerprint density at radius 1 is 1.67 bits per heavy atom. The molecule has 0 aliphatic heterocycles. The van der Waals surface area contributed by atoms with Crippen molar-refractivity contribution in [2.24, 2.45) is 0 Å². The number of oxazole rings is 1. The van der Waals surface area contributed by atoms with Gasteiger partial charge in [0.15, 0.2) is 5.69 Å². The lowest BCUT2D eigenvalue weighted by Crippen LogP contribution is -2.33. The van der Waals surface area contributed by atoms with Gasteiger partial charge < -0.3 is 19.7 Å². The SMILES string of the molecule is CNC(=O)CN(C)c1nc(C(=O)O)co1. The van der Waals surface area contributed by atoms with Gasteiger partial charge in [0.2, 0.25) is 5.91 Å². The second kappa shape index (κ2) is 4.45. The maximum absolute atomic E-state index is 11.0. The summed E-state index contributed by atoms with van der Waals surface area (Å²) in [5.41, 5.74) is -0.186. The summed E-state index contributed by atoms with van der Waals surface area (Å²) < 4.78 is 4.89. The number of aromatic carboxylic acids is 1. The number of likely N-dealkylation sites (N-methyl/N-ethyl adjacent to an activating group) is 2. The number of carbonyl (C=O) groups excluding carboxylic acids is 1. The Labute approximate surface area is 85.7 Å². The van der Waals surface area contributed by atoms with E-state index in [0.29, 0.717) is 0 Å². The number of rotatable bonds is 4. The van der Waals surface area contributed by atoms with Crippen LogP contribution in [0.3, 0.4) is 0 Å². The van der Waals surface area contributed by atoms with Crippen molar-refractivity contribution >= 4 is 17.9 Å². The van der Waals surface area contributed by atoms with E-state index < -0.39 is 5.97 Å². The van der Waals surface area contributed by atoms with Crippen molar-refractivity contribution in [3.05, 3.63) is 12.0 Å². The van der Waals surface area contributed by atoms with E-state index >= 15 is 0 Å². The first kappa shape index (κ1) is 11.0. The normalized spacial score (nSPS) is 9.73. The summed E-state index contributed by atoms with van der Waals surface area (Å²) in [5.74, 6) is -1.38. The number of carboxylic acids is 1. The van der Waals surface area contributed by atoms with Gasteiger partial charge in [0, 0.05) is 14.1 Å². The van der Waals surface area contributed by atoms with Gasteiger partial charge in [-0.2, -0.15) is 4.98 Å². The first-order valence-electron chi connectivity index (χ1n) is 4.15. The molecule has 0 unspecified atom stereocenters. The number of aromatic nitrogens is 1. The Kier molecular flexibility index (Phi) is 3.27. The van der Waals surface area contributed by atoms with Crippen LogP contribution in [0.25, 0.3) is 0 Å². The highest BCUT2D eigenvalue weighted by Gasteiger charge is 2.14. The van der Waals surface area contributed by atoms with Gasteiger partial charge in [0.25, 0.3) is 6.01 Å². The summed E-state index contributed by atoms with van der Waals surface area (Å²) in [5, 5.41) is 11.0. The van der Waals surface area contributed by atoms with Crippen molar-refractivity contribution in [3.8, 4) is 0 Å².